The van der Waals surface area contributed by atoms with Crippen LogP contribution in [0, 0.1) is 5.82 Å². The highest BCUT2D eigenvalue weighted by Gasteiger charge is 2.23. The molecular weight excluding hydrogens is 457 g/mol. The van der Waals surface area contributed by atoms with E-state index in [-0.39, 0.29) is 23.4 Å². The fourth-order valence-corrected chi connectivity index (χ4v) is 4.73. The Balaban J connectivity index is 0.00000274. The molecule has 2 heterocycles. The fraction of sp³-hybridized carbons (Fsp3) is 0.231. The lowest BCUT2D eigenvalue weighted by Gasteiger charge is -2.38. The molecule has 0 aliphatic carbocycles. The minimum atomic E-state index is -1.31. The molecule has 0 atom stereocenters. The first-order valence-corrected chi connectivity index (χ1v) is 11.1. The number of fused-ring (bicyclic) bond motifs is 2. The number of hydrogen-bond donors (Lipinski definition) is 1. The van der Waals surface area contributed by atoms with Gasteiger partial charge in [0, 0.05) is 55.4 Å². The van der Waals surface area contributed by atoms with Crippen LogP contribution in [0.4, 0.5) is 15.8 Å². The number of halogens is 2. The van der Waals surface area contributed by atoms with Crippen molar-refractivity contribution >= 4 is 51.4 Å². The van der Waals surface area contributed by atoms with Crippen molar-refractivity contribution in [2.24, 2.45) is 0 Å². The molecule has 1 saturated heterocycles. The van der Waals surface area contributed by atoms with Crippen LogP contribution in [0.5, 0.6) is 0 Å². The van der Waals surface area contributed by atoms with Crippen LogP contribution in [0.15, 0.2) is 65.6 Å². The van der Waals surface area contributed by atoms with Crippen molar-refractivity contribution in [3.05, 3.63) is 82.4 Å². The fourth-order valence-electron chi connectivity index (χ4n) is 4.73. The highest BCUT2D eigenvalue weighted by atomic mass is 35.5. The highest BCUT2D eigenvalue weighted by Crippen LogP contribution is 2.30. The molecule has 1 aliphatic heterocycles. The molecule has 0 unspecified atom stereocenters. The van der Waals surface area contributed by atoms with E-state index < -0.39 is 17.2 Å². The highest BCUT2D eigenvalue weighted by molar-refractivity contribution is 5.95. The van der Waals surface area contributed by atoms with Gasteiger partial charge < -0.3 is 19.5 Å². The number of carboxylic acids is 1. The van der Waals surface area contributed by atoms with Crippen molar-refractivity contribution in [3.8, 4) is 0 Å². The maximum absolute atomic E-state index is 15.1. The lowest BCUT2D eigenvalue weighted by atomic mass is 10.1. The van der Waals surface area contributed by atoms with Gasteiger partial charge in [0.1, 0.15) is 11.4 Å². The van der Waals surface area contributed by atoms with Gasteiger partial charge in [0.25, 0.3) is 0 Å². The van der Waals surface area contributed by atoms with Crippen molar-refractivity contribution in [1.82, 2.24) is 4.57 Å². The number of pyridine rings is 1. The molecule has 176 valence electrons. The van der Waals surface area contributed by atoms with Crippen molar-refractivity contribution in [1.29, 1.82) is 0 Å². The van der Waals surface area contributed by atoms with Crippen molar-refractivity contribution < 1.29 is 14.3 Å². The zero-order valence-electron chi connectivity index (χ0n) is 18.7. The van der Waals surface area contributed by atoms with E-state index in [9.17, 15) is 14.7 Å². The largest absolute Gasteiger partial charge is 0.477 e. The van der Waals surface area contributed by atoms with Crippen LogP contribution in [-0.4, -0.2) is 41.8 Å². The number of nitrogens with zero attached hydrogens (tertiary/aromatic N) is 3. The van der Waals surface area contributed by atoms with E-state index in [4.69, 9.17) is 0 Å². The standard InChI is InChI=1S/C26H24FN3O3.ClH/c1-2-28-16-20(26(32)33)25(31)19-14-21(27)24(15-23(19)28)30-12-10-29(11-13-30)22-9-5-7-17-6-3-4-8-18(17)22;/h3-9,14-16H,2,10-13H2,1H3,(H,32,33);1H. The number of hydrogen-bond acceptors (Lipinski definition) is 4. The topological polar surface area (TPSA) is 65.8 Å². The van der Waals surface area contributed by atoms with Gasteiger partial charge in [-0.05, 0) is 30.5 Å². The smallest absolute Gasteiger partial charge is 0.341 e. The molecule has 34 heavy (non-hydrogen) atoms. The molecule has 1 N–H and O–H groups in total. The Kier molecular flexibility index (Phi) is 6.48. The minimum Gasteiger partial charge on any atom is -0.477 e. The molecule has 1 fully saturated rings. The predicted octanol–water partition coefficient (Wildman–Crippen LogP) is 4.76. The van der Waals surface area contributed by atoms with Crippen LogP contribution in [-0.2, 0) is 6.54 Å². The number of aromatic carboxylic acids is 1. The van der Waals surface area contributed by atoms with Crippen LogP contribution < -0.4 is 15.2 Å². The van der Waals surface area contributed by atoms with Gasteiger partial charge >= 0.3 is 5.97 Å². The molecule has 0 bridgehead atoms. The summed E-state index contributed by atoms with van der Waals surface area (Å²) in [6.07, 6.45) is 1.34. The van der Waals surface area contributed by atoms with Crippen molar-refractivity contribution in [2.45, 2.75) is 13.5 Å². The number of rotatable bonds is 4. The van der Waals surface area contributed by atoms with Gasteiger partial charge in [-0.25, -0.2) is 9.18 Å². The van der Waals surface area contributed by atoms with Crippen LogP contribution in [0.2, 0.25) is 0 Å². The SMILES string of the molecule is CCn1cc(C(=O)O)c(=O)c2cc(F)c(N3CCN(c4cccc5ccccc45)CC3)cc21.Cl. The second-order valence-electron chi connectivity index (χ2n) is 8.26. The Morgan fingerprint density at radius 1 is 0.941 bits per heavy atom. The predicted molar refractivity (Wildman–Crippen MR) is 136 cm³/mol. The van der Waals surface area contributed by atoms with Crippen molar-refractivity contribution in [3.63, 3.8) is 0 Å². The van der Waals surface area contributed by atoms with E-state index in [2.05, 4.69) is 35.2 Å². The summed E-state index contributed by atoms with van der Waals surface area (Å²) in [6.45, 7) is 5.08. The van der Waals surface area contributed by atoms with E-state index >= 15 is 4.39 Å². The molecular formula is C26H25ClFN3O3. The lowest BCUT2D eigenvalue weighted by Crippen LogP contribution is -2.47. The third kappa shape index (κ3) is 3.96. The van der Waals surface area contributed by atoms with Crippen LogP contribution in [0.1, 0.15) is 17.3 Å². The van der Waals surface area contributed by atoms with Gasteiger partial charge in [-0.1, -0.05) is 36.4 Å². The summed E-state index contributed by atoms with van der Waals surface area (Å²) in [5.41, 5.74) is 1.14. The molecule has 8 heteroatoms. The molecule has 4 aromatic rings. The number of benzene rings is 3. The molecule has 6 nitrogen and oxygen atoms in total. The van der Waals surface area contributed by atoms with E-state index in [0.29, 0.717) is 30.8 Å². The normalized spacial score (nSPS) is 13.8. The average molecular weight is 482 g/mol. The first-order valence-electron chi connectivity index (χ1n) is 11.1. The summed E-state index contributed by atoms with van der Waals surface area (Å²) in [6, 6.07) is 17.4. The van der Waals surface area contributed by atoms with Gasteiger partial charge in [-0.15, -0.1) is 12.4 Å². The molecule has 0 spiro atoms. The molecule has 0 amide bonds. The maximum atomic E-state index is 15.1. The van der Waals surface area contributed by atoms with Gasteiger partial charge in [0.2, 0.25) is 5.43 Å². The van der Waals surface area contributed by atoms with Gasteiger partial charge in [0.05, 0.1) is 11.2 Å². The van der Waals surface area contributed by atoms with Gasteiger partial charge in [-0.2, -0.15) is 0 Å². The number of carbonyl (C=O) groups is 1. The second kappa shape index (κ2) is 9.35. The number of aromatic nitrogens is 1. The van der Waals surface area contributed by atoms with E-state index in [1.54, 1.807) is 10.6 Å². The Morgan fingerprint density at radius 3 is 2.26 bits per heavy atom. The number of anilines is 2. The Morgan fingerprint density at radius 2 is 1.59 bits per heavy atom. The zero-order chi connectivity index (χ0) is 23.1. The zero-order valence-corrected chi connectivity index (χ0v) is 19.5. The Labute approximate surface area is 202 Å². The molecule has 1 aliphatic rings. The average Bonchev–Trinajstić information content (AvgIpc) is 2.84. The number of piperazine rings is 1. The molecule has 1 aromatic heterocycles. The summed E-state index contributed by atoms with van der Waals surface area (Å²) in [5, 5.41) is 11.8. The van der Waals surface area contributed by atoms with Gasteiger partial charge in [-0.3, -0.25) is 4.79 Å². The van der Waals surface area contributed by atoms with E-state index in [0.717, 1.165) is 13.1 Å². The van der Waals surface area contributed by atoms with Crippen LogP contribution in [0.25, 0.3) is 21.7 Å². The van der Waals surface area contributed by atoms with Crippen molar-refractivity contribution in [2.75, 3.05) is 36.0 Å². The van der Waals surface area contributed by atoms with E-state index in [1.807, 2.05) is 24.0 Å². The summed E-state index contributed by atoms with van der Waals surface area (Å²) in [7, 11) is 0. The quantitative estimate of drug-likeness (QED) is 0.455. The van der Waals surface area contributed by atoms with Gasteiger partial charge in [0.15, 0.2) is 0 Å². The number of carboxylic acid groups (broad SMARTS) is 1. The van der Waals surface area contributed by atoms with Crippen LogP contribution in [0.3, 0.4) is 0 Å². The number of aryl methyl sites for hydroxylation is 1. The summed E-state index contributed by atoms with van der Waals surface area (Å²) in [5.74, 6) is -1.82. The lowest BCUT2D eigenvalue weighted by molar-refractivity contribution is 0.0695. The third-order valence-corrected chi connectivity index (χ3v) is 6.45. The third-order valence-electron chi connectivity index (χ3n) is 6.45. The summed E-state index contributed by atoms with van der Waals surface area (Å²) in [4.78, 5) is 28.4. The molecule has 0 saturated carbocycles. The monoisotopic (exact) mass is 481 g/mol. The maximum Gasteiger partial charge on any atom is 0.341 e. The minimum absolute atomic E-state index is 0. The summed E-state index contributed by atoms with van der Waals surface area (Å²) >= 11 is 0. The molecule has 3 aromatic carbocycles. The second-order valence-corrected chi connectivity index (χ2v) is 8.26. The summed E-state index contributed by atoms with van der Waals surface area (Å²) < 4.78 is 16.8. The van der Waals surface area contributed by atoms with E-state index in [1.165, 1.54) is 28.7 Å². The first kappa shape index (κ1) is 23.6. The Bertz CT molecular complexity index is 1440. The molecule has 5 rings (SSSR count). The molecule has 0 radical (unpaired) electrons. The first-order chi connectivity index (χ1) is 16.0. The Hall–Kier alpha value is -3.58. The van der Waals surface area contributed by atoms with Crippen LogP contribution >= 0.6 is 12.4 Å².